The zero-order chi connectivity index (χ0) is 34.2. The summed E-state index contributed by atoms with van der Waals surface area (Å²) in [4.78, 5) is 6.59. The average molecular weight is 712 g/mol. The Morgan fingerprint density at radius 3 is 2.00 bits per heavy atom. The molecule has 0 spiro atoms. The third-order valence-electron chi connectivity index (χ3n) is 18.9. The van der Waals surface area contributed by atoms with Gasteiger partial charge in [0, 0.05) is 66.5 Å². The Morgan fingerprint density at radius 1 is 0.481 bits per heavy atom. The van der Waals surface area contributed by atoms with Gasteiger partial charge in [-0.3, -0.25) is 15.5 Å². The van der Waals surface area contributed by atoms with Crippen molar-refractivity contribution >= 4 is 0 Å². The first-order chi connectivity index (χ1) is 25.8. The predicted octanol–water partition coefficient (Wildman–Crippen LogP) is 9.27. The maximum Gasteiger partial charge on any atom is 0.0605 e. The number of nitrogens with zero attached hydrogens (tertiary/aromatic N) is 2. The van der Waals surface area contributed by atoms with Crippen LogP contribution in [0.5, 0.6) is 0 Å². The Morgan fingerprint density at radius 2 is 1.17 bits per heavy atom. The molecule has 0 aromatic carbocycles. The van der Waals surface area contributed by atoms with E-state index in [1.165, 1.54) is 173 Å². The number of fused-ring (bicyclic) bond motifs is 7. The lowest BCUT2D eigenvalue weighted by Crippen LogP contribution is -2.67. The van der Waals surface area contributed by atoms with Crippen molar-refractivity contribution in [2.45, 2.75) is 234 Å². The van der Waals surface area contributed by atoms with Gasteiger partial charge >= 0.3 is 0 Å². The highest BCUT2D eigenvalue weighted by Crippen LogP contribution is 2.56. The minimum absolute atomic E-state index is 0.560. The van der Waals surface area contributed by atoms with Gasteiger partial charge in [0.05, 0.1) is 6.17 Å². The number of hydrogen-bond acceptors (Lipinski definition) is 5. The van der Waals surface area contributed by atoms with E-state index in [9.17, 15) is 0 Å². The molecule has 14 atom stereocenters. The second-order valence-corrected chi connectivity index (χ2v) is 21.3. The number of allylic oxidation sites excluding steroid dienone is 1. The minimum atomic E-state index is 0.560. The Labute approximate surface area is 318 Å². The quantitative estimate of drug-likeness (QED) is 0.265. The molecule has 9 fully saturated rings. The molecule has 3 N–H and O–H groups in total. The molecule has 0 aromatic rings. The maximum atomic E-state index is 4.55. The van der Waals surface area contributed by atoms with Crippen LogP contribution in [-0.4, -0.2) is 70.8 Å². The second kappa shape index (κ2) is 14.7. The molecule has 5 nitrogen and oxygen atoms in total. The zero-order valence-electron chi connectivity index (χ0n) is 33.1. The zero-order valence-corrected chi connectivity index (χ0v) is 33.1. The van der Waals surface area contributed by atoms with Crippen molar-refractivity contribution in [3.8, 4) is 0 Å². The molecule has 290 valence electrons. The Balaban J connectivity index is 0.929. The first-order valence-electron chi connectivity index (χ1n) is 24.3. The average Bonchev–Trinajstić information content (AvgIpc) is 3.66. The van der Waals surface area contributed by atoms with E-state index >= 15 is 0 Å². The normalized spacial score (nSPS) is 49.0. The summed E-state index contributed by atoms with van der Waals surface area (Å²) in [5.41, 5.74) is 3.89. The molecule has 0 radical (unpaired) electrons. The number of likely N-dealkylation sites (tertiary alicyclic amines) is 1. The van der Waals surface area contributed by atoms with E-state index < -0.39 is 0 Å². The van der Waals surface area contributed by atoms with Gasteiger partial charge < -0.3 is 10.2 Å². The van der Waals surface area contributed by atoms with Crippen LogP contribution < -0.4 is 16.0 Å². The SMILES string of the molecule is C1CCC(C2CC(C3CC(N4C5=C(CCCC5)C5CCCCC54)CC(N4C5CNC5C5C6CCCC[C@H]6CCC54)C3)NC(C3CCCCC3)N2)CC1. The molecule has 5 heteroatoms. The van der Waals surface area contributed by atoms with Crippen LogP contribution in [0.25, 0.3) is 0 Å². The van der Waals surface area contributed by atoms with Gasteiger partial charge in [0.2, 0.25) is 0 Å². The van der Waals surface area contributed by atoms with Crippen molar-refractivity contribution in [1.29, 1.82) is 0 Å². The summed E-state index contributed by atoms with van der Waals surface area (Å²) >= 11 is 0. The van der Waals surface area contributed by atoms with E-state index in [0.717, 1.165) is 83.7 Å². The van der Waals surface area contributed by atoms with Crippen LogP contribution in [0.4, 0.5) is 0 Å². The molecule has 0 aromatic heterocycles. The molecular weight excluding hydrogens is 635 g/mol. The Bertz CT molecular complexity index is 1260. The van der Waals surface area contributed by atoms with Crippen LogP contribution in [0.2, 0.25) is 0 Å². The van der Waals surface area contributed by atoms with Gasteiger partial charge in [-0.2, -0.15) is 0 Å². The summed E-state index contributed by atoms with van der Waals surface area (Å²) in [5, 5.41) is 13.1. The molecule has 3 saturated heterocycles. The van der Waals surface area contributed by atoms with Crippen molar-refractivity contribution in [3.63, 3.8) is 0 Å². The molecule has 0 bridgehead atoms. The van der Waals surface area contributed by atoms with Crippen LogP contribution >= 0.6 is 0 Å². The van der Waals surface area contributed by atoms with E-state index in [2.05, 4.69) is 25.8 Å². The number of nitrogens with one attached hydrogen (secondary N) is 3. The molecule has 11 rings (SSSR count). The Kier molecular flexibility index (Phi) is 9.79. The molecular formula is C47H77N5. The van der Waals surface area contributed by atoms with Crippen molar-refractivity contribution in [2.24, 2.45) is 41.4 Å². The summed E-state index contributed by atoms with van der Waals surface area (Å²) in [7, 11) is 0. The first-order valence-corrected chi connectivity index (χ1v) is 24.3. The molecule has 6 saturated carbocycles. The van der Waals surface area contributed by atoms with Crippen LogP contribution in [-0.2, 0) is 0 Å². The third kappa shape index (κ3) is 6.04. The fraction of sp³-hybridized carbons (Fsp3) is 0.957. The predicted molar refractivity (Wildman–Crippen MR) is 213 cm³/mol. The van der Waals surface area contributed by atoms with Gasteiger partial charge in [0.15, 0.2) is 0 Å². The van der Waals surface area contributed by atoms with Gasteiger partial charge in [0.1, 0.15) is 0 Å². The van der Waals surface area contributed by atoms with Crippen molar-refractivity contribution in [2.75, 3.05) is 6.54 Å². The van der Waals surface area contributed by atoms with E-state index in [-0.39, 0.29) is 0 Å². The lowest BCUT2D eigenvalue weighted by molar-refractivity contribution is -0.0158. The van der Waals surface area contributed by atoms with Gasteiger partial charge in [0.25, 0.3) is 0 Å². The van der Waals surface area contributed by atoms with E-state index in [1.807, 2.05) is 11.3 Å². The van der Waals surface area contributed by atoms with Crippen molar-refractivity contribution in [3.05, 3.63) is 11.3 Å². The number of rotatable bonds is 5. The molecule has 11 aliphatic rings. The summed E-state index contributed by atoms with van der Waals surface area (Å²) < 4.78 is 0. The first kappa shape index (κ1) is 34.6. The van der Waals surface area contributed by atoms with Crippen LogP contribution in [0.15, 0.2) is 11.3 Å². The smallest absolute Gasteiger partial charge is 0.0605 e. The van der Waals surface area contributed by atoms with E-state index in [0.29, 0.717) is 12.2 Å². The van der Waals surface area contributed by atoms with Gasteiger partial charge in [-0.05, 0) is 150 Å². The summed E-state index contributed by atoms with van der Waals surface area (Å²) in [6.45, 7) is 1.28. The van der Waals surface area contributed by atoms with Gasteiger partial charge in [-0.15, -0.1) is 0 Å². The molecule has 7 aliphatic carbocycles. The van der Waals surface area contributed by atoms with E-state index in [1.54, 1.807) is 12.8 Å². The summed E-state index contributed by atoms with van der Waals surface area (Å²) in [6.07, 6.45) is 41.9. The number of hydrogen-bond donors (Lipinski definition) is 3. The maximum absolute atomic E-state index is 4.55. The van der Waals surface area contributed by atoms with Crippen LogP contribution in [0.1, 0.15) is 180 Å². The van der Waals surface area contributed by atoms with Crippen molar-refractivity contribution in [1.82, 2.24) is 25.8 Å². The fourth-order valence-electron chi connectivity index (χ4n) is 16.8. The van der Waals surface area contributed by atoms with Crippen LogP contribution in [0.3, 0.4) is 0 Å². The van der Waals surface area contributed by atoms with Gasteiger partial charge in [-0.25, -0.2) is 0 Å². The summed E-state index contributed by atoms with van der Waals surface area (Å²) in [5.74, 6) is 6.51. The minimum Gasteiger partial charge on any atom is -0.368 e. The monoisotopic (exact) mass is 712 g/mol. The summed E-state index contributed by atoms with van der Waals surface area (Å²) in [6, 6.07) is 6.36. The van der Waals surface area contributed by atoms with E-state index in [4.69, 9.17) is 0 Å². The molecule has 4 aliphatic heterocycles. The largest absolute Gasteiger partial charge is 0.368 e. The molecule has 4 heterocycles. The molecule has 52 heavy (non-hydrogen) atoms. The highest BCUT2D eigenvalue weighted by molar-refractivity contribution is 5.30. The highest BCUT2D eigenvalue weighted by atomic mass is 15.4. The Hall–Kier alpha value is -0.620. The highest BCUT2D eigenvalue weighted by Gasteiger charge is 2.61. The van der Waals surface area contributed by atoms with Crippen LogP contribution in [0, 0.1) is 41.4 Å². The molecule has 0 amide bonds. The topological polar surface area (TPSA) is 42.6 Å². The fourth-order valence-corrected chi connectivity index (χ4v) is 16.8. The second-order valence-electron chi connectivity index (χ2n) is 21.3. The lowest BCUT2D eigenvalue weighted by Gasteiger charge is -2.54. The third-order valence-corrected chi connectivity index (χ3v) is 18.9. The standard InChI is InChI=1S/C47H77N5/c1-3-14-31(15-4-1)39-28-40(50-47(49-39)32-16-5-2-6-17-32)33-25-34(51-41-21-11-9-19-37(41)38-20-10-12-22-42(38)51)27-35(26-33)52-43-24-23-30-13-7-8-18-36(30)45(43)46-44(52)29-48-46/h30-37,39-41,43-50H,1-29H2/t30-,33?,34?,35?,36?,37?,39?,40?,41?,43?,44?,45?,46?,47?/m0/s1. The lowest BCUT2D eigenvalue weighted by atomic mass is 9.62. The molecule has 13 unspecified atom stereocenters. The van der Waals surface area contributed by atoms with Gasteiger partial charge in [-0.1, -0.05) is 70.6 Å². The van der Waals surface area contributed by atoms with Crippen molar-refractivity contribution < 1.29 is 0 Å².